The standard InChI is InChI=1S/C22H29N3O2/c1-19(2)12-22(13-20(3,4)24-19)21(5)17-15(10-11-25(21)18(26)27-22)14-8-6-7-9-16(14)23-17/h6-9,23-24H,10-13H2,1-5H3. The van der Waals surface area contributed by atoms with E-state index in [1.165, 1.54) is 10.9 Å². The van der Waals surface area contributed by atoms with Crippen molar-refractivity contribution in [2.45, 2.75) is 76.1 Å². The van der Waals surface area contributed by atoms with Crippen molar-refractivity contribution < 1.29 is 9.53 Å². The van der Waals surface area contributed by atoms with Crippen molar-refractivity contribution in [1.82, 2.24) is 15.2 Å². The number of amides is 1. The highest BCUT2D eigenvalue weighted by Gasteiger charge is 2.69. The molecule has 2 N–H and O–H groups in total. The number of fused-ring (bicyclic) bond motifs is 6. The molecule has 0 radical (unpaired) electrons. The summed E-state index contributed by atoms with van der Waals surface area (Å²) in [6.45, 7) is 11.8. The molecule has 1 aromatic carbocycles. The number of carbonyl (C=O) groups is 1. The number of hydrogen-bond acceptors (Lipinski definition) is 3. The Balaban J connectivity index is 1.76. The number of aromatic amines is 1. The normalized spacial score (nSPS) is 30.3. The molecule has 3 aliphatic rings. The van der Waals surface area contributed by atoms with Gasteiger partial charge in [-0.1, -0.05) is 18.2 Å². The molecule has 5 rings (SSSR count). The van der Waals surface area contributed by atoms with Crippen LogP contribution in [-0.2, 0) is 16.7 Å². The first-order chi connectivity index (χ1) is 12.6. The first-order valence-electron chi connectivity index (χ1n) is 9.97. The fraction of sp³-hybridized carbons (Fsp3) is 0.591. The van der Waals surface area contributed by atoms with Crippen LogP contribution in [0.4, 0.5) is 4.79 Å². The number of nitrogens with one attached hydrogen (secondary N) is 2. The van der Waals surface area contributed by atoms with E-state index in [-0.39, 0.29) is 17.2 Å². The van der Waals surface area contributed by atoms with Crippen molar-refractivity contribution in [2.24, 2.45) is 0 Å². The van der Waals surface area contributed by atoms with Gasteiger partial charge in [-0.05, 0) is 52.7 Å². The summed E-state index contributed by atoms with van der Waals surface area (Å²) in [7, 11) is 0. The van der Waals surface area contributed by atoms with E-state index in [2.05, 4.69) is 69.2 Å². The summed E-state index contributed by atoms with van der Waals surface area (Å²) < 4.78 is 6.29. The van der Waals surface area contributed by atoms with E-state index in [0.717, 1.165) is 30.5 Å². The highest BCUT2D eigenvalue weighted by atomic mass is 16.6. The molecule has 144 valence electrons. The van der Waals surface area contributed by atoms with E-state index in [9.17, 15) is 4.79 Å². The maximum atomic E-state index is 13.0. The molecule has 5 nitrogen and oxygen atoms in total. The van der Waals surface area contributed by atoms with Gasteiger partial charge in [0.05, 0.1) is 0 Å². The molecule has 0 saturated carbocycles. The Hall–Kier alpha value is -2.01. The summed E-state index contributed by atoms with van der Waals surface area (Å²) in [6.07, 6.45) is 2.27. The largest absolute Gasteiger partial charge is 0.440 e. The number of nitrogens with zero attached hydrogens (tertiary/aromatic N) is 1. The van der Waals surface area contributed by atoms with Gasteiger partial charge in [0.1, 0.15) is 11.1 Å². The number of piperidine rings is 1. The third kappa shape index (κ3) is 2.12. The quantitative estimate of drug-likeness (QED) is 0.738. The molecule has 1 aromatic heterocycles. The highest BCUT2D eigenvalue weighted by Crippen LogP contribution is 2.58. The zero-order valence-corrected chi connectivity index (χ0v) is 16.9. The summed E-state index contributed by atoms with van der Waals surface area (Å²) in [5, 5.41) is 5.01. The summed E-state index contributed by atoms with van der Waals surface area (Å²) >= 11 is 0. The maximum Gasteiger partial charge on any atom is 0.411 e. The van der Waals surface area contributed by atoms with Crippen molar-refractivity contribution in [3.05, 3.63) is 35.5 Å². The van der Waals surface area contributed by atoms with Crippen LogP contribution in [-0.4, -0.2) is 39.2 Å². The third-order valence-corrected chi connectivity index (χ3v) is 6.95. The maximum absolute atomic E-state index is 13.0. The molecular formula is C22H29N3O2. The average Bonchev–Trinajstić information content (AvgIpc) is 2.99. The minimum atomic E-state index is -0.557. The summed E-state index contributed by atoms with van der Waals surface area (Å²) in [4.78, 5) is 18.7. The molecule has 2 saturated heterocycles. The zero-order chi connectivity index (χ0) is 19.2. The molecule has 2 fully saturated rings. The first-order valence-corrected chi connectivity index (χ1v) is 9.97. The first kappa shape index (κ1) is 17.1. The Labute approximate surface area is 160 Å². The topological polar surface area (TPSA) is 57.4 Å². The number of aromatic nitrogens is 1. The predicted octanol–water partition coefficient (Wildman–Crippen LogP) is 4.07. The van der Waals surface area contributed by atoms with Gasteiger partial charge in [-0.25, -0.2) is 4.79 Å². The summed E-state index contributed by atoms with van der Waals surface area (Å²) in [5.74, 6) is 0. The highest BCUT2D eigenvalue weighted by molar-refractivity contribution is 5.87. The van der Waals surface area contributed by atoms with E-state index in [1.807, 2.05) is 4.90 Å². The van der Waals surface area contributed by atoms with Crippen molar-refractivity contribution in [1.29, 1.82) is 0 Å². The summed E-state index contributed by atoms with van der Waals surface area (Å²) in [6, 6.07) is 8.47. The minimum Gasteiger partial charge on any atom is -0.440 e. The van der Waals surface area contributed by atoms with Crippen molar-refractivity contribution in [2.75, 3.05) is 6.54 Å². The molecule has 1 unspecified atom stereocenters. The monoisotopic (exact) mass is 367 g/mol. The molecule has 27 heavy (non-hydrogen) atoms. The third-order valence-electron chi connectivity index (χ3n) is 6.95. The number of ether oxygens (including phenoxy) is 1. The Kier molecular flexibility index (Phi) is 3.09. The van der Waals surface area contributed by atoms with Gasteiger partial charge in [-0.3, -0.25) is 4.90 Å². The van der Waals surface area contributed by atoms with Crippen molar-refractivity contribution in [3.63, 3.8) is 0 Å². The van der Waals surface area contributed by atoms with Gasteiger partial charge in [0.15, 0.2) is 0 Å². The zero-order valence-electron chi connectivity index (χ0n) is 16.9. The van der Waals surface area contributed by atoms with Gasteiger partial charge in [0, 0.05) is 47.1 Å². The Morgan fingerprint density at radius 3 is 2.41 bits per heavy atom. The fourth-order valence-corrected chi connectivity index (χ4v) is 6.44. The van der Waals surface area contributed by atoms with Crippen molar-refractivity contribution in [3.8, 4) is 0 Å². The lowest BCUT2D eigenvalue weighted by Crippen LogP contribution is -2.69. The van der Waals surface area contributed by atoms with Gasteiger partial charge < -0.3 is 15.0 Å². The van der Waals surface area contributed by atoms with E-state index >= 15 is 0 Å². The van der Waals surface area contributed by atoms with Crippen LogP contribution < -0.4 is 5.32 Å². The molecular weight excluding hydrogens is 338 g/mol. The predicted molar refractivity (Wildman–Crippen MR) is 106 cm³/mol. The SMILES string of the molecule is CC1(C)CC2(CC(C)(C)N1)OC(=O)N1CCc3c([nH]c4ccccc34)C12C. The molecule has 2 aromatic rings. The number of benzene rings is 1. The van der Waals surface area contributed by atoms with Crippen LogP contribution in [0.5, 0.6) is 0 Å². The molecule has 1 spiro atoms. The van der Waals surface area contributed by atoms with Crippen LogP contribution >= 0.6 is 0 Å². The van der Waals surface area contributed by atoms with E-state index in [1.54, 1.807) is 0 Å². The lowest BCUT2D eigenvalue weighted by molar-refractivity contribution is -0.0917. The number of hydrogen-bond donors (Lipinski definition) is 2. The van der Waals surface area contributed by atoms with E-state index in [4.69, 9.17) is 4.74 Å². The molecule has 0 aliphatic carbocycles. The molecule has 3 aliphatic heterocycles. The second-order valence-electron chi connectivity index (χ2n) is 10.1. The smallest absolute Gasteiger partial charge is 0.411 e. The molecule has 0 bridgehead atoms. The van der Waals surface area contributed by atoms with E-state index in [0.29, 0.717) is 6.54 Å². The lowest BCUT2D eigenvalue weighted by atomic mass is 9.62. The van der Waals surface area contributed by atoms with Crippen molar-refractivity contribution >= 4 is 17.0 Å². The van der Waals surface area contributed by atoms with Crippen LogP contribution in [0.3, 0.4) is 0 Å². The van der Waals surface area contributed by atoms with E-state index < -0.39 is 11.1 Å². The number of H-pyrrole nitrogens is 1. The van der Waals surface area contributed by atoms with Crippen LogP contribution in [0.1, 0.15) is 58.7 Å². The Bertz CT molecular complexity index is 942. The number of para-hydroxylation sites is 1. The van der Waals surface area contributed by atoms with Gasteiger partial charge in [0.25, 0.3) is 0 Å². The Morgan fingerprint density at radius 1 is 1.04 bits per heavy atom. The Morgan fingerprint density at radius 2 is 1.70 bits per heavy atom. The molecule has 5 heteroatoms. The van der Waals surface area contributed by atoms with Gasteiger partial charge in [-0.2, -0.15) is 0 Å². The fourth-order valence-electron chi connectivity index (χ4n) is 6.44. The van der Waals surface area contributed by atoms with Crippen LogP contribution in [0.2, 0.25) is 0 Å². The number of carbonyl (C=O) groups excluding carboxylic acids is 1. The van der Waals surface area contributed by atoms with Crippen LogP contribution in [0.25, 0.3) is 10.9 Å². The molecule has 1 atom stereocenters. The van der Waals surface area contributed by atoms with Gasteiger partial charge in [0.2, 0.25) is 0 Å². The second-order valence-corrected chi connectivity index (χ2v) is 10.1. The average molecular weight is 367 g/mol. The summed E-state index contributed by atoms with van der Waals surface area (Å²) in [5.41, 5.74) is 2.36. The lowest BCUT2D eigenvalue weighted by Gasteiger charge is -2.56. The number of rotatable bonds is 0. The van der Waals surface area contributed by atoms with Gasteiger partial charge in [-0.15, -0.1) is 0 Å². The van der Waals surface area contributed by atoms with Crippen LogP contribution in [0.15, 0.2) is 24.3 Å². The van der Waals surface area contributed by atoms with Crippen LogP contribution in [0, 0.1) is 0 Å². The molecule has 1 amide bonds. The minimum absolute atomic E-state index is 0.120. The molecule has 4 heterocycles. The van der Waals surface area contributed by atoms with Gasteiger partial charge >= 0.3 is 6.09 Å². The second kappa shape index (κ2) is 4.88.